The topological polar surface area (TPSA) is 0 Å². The Bertz CT molecular complexity index is 529. The first-order valence-corrected chi connectivity index (χ1v) is 8.26. The SMILES string of the molecule is CC(C)Cc1ccc(C(Br)c2ccccc2Br)cc1. The van der Waals surface area contributed by atoms with Gasteiger partial charge in [-0.3, -0.25) is 0 Å². The summed E-state index contributed by atoms with van der Waals surface area (Å²) in [5.41, 5.74) is 3.96. The molecule has 0 saturated heterocycles. The van der Waals surface area contributed by atoms with Gasteiger partial charge in [-0.2, -0.15) is 0 Å². The average molecular weight is 382 g/mol. The standard InChI is InChI=1S/C17H18Br2/c1-12(2)11-13-7-9-14(10-8-13)17(19)15-5-3-4-6-16(15)18/h3-10,12,17H,11H2,1-2H3. The molecule has 0 aromatic heterocycles. The monoisotopic (exact) mass is 380 g/mol. The molecule has 0 fully saturated rings. The Labute approximate surface area is 132 Å². The summed E-state index contributed by atoms with van der Waals surface area (Å²) < 4.78 is 1.14. The van der Waals surface area contributed by atoms with E-state index < -0.39 is 0 Å². The molecule has 0 aliphatic carbocycles. The highest BCUT2D eigenvalue weighted by Gasteiger charge is 2.12. The molecular formula is C17H18Br2. The second-order valence-corrected chi connectivity index (χ2v) is 6.99. The van der Waals surface area contributed by atoms with E-state index in [4.69, 9.17) is 0 Å². The van der Waals surface area contributed by atoms with Crippen molar-refractivity contribution < 1.29 is 0 Å². The Balaban J connectivity index is 2.20. The van der Waals surface area contributed by atoms with Gasteiger partial charge in [0, 0.05) is 4.47 Å². The molecule has 0 spiro atoms. The quantitative estimate of drug-likeness (QED) is 0.558. The van der Waals surface area contributed by atoms with Crippen LogP contribution in [-0.4, -0.2) is 0 Å². The van der Waals surface area contributed by atoms with Gasteiger partial charge in [-0.15, -0.1) is 0 Å². The predicted molar refractivity (Wildman–Crippen MR) is 89.9 cm³/mol. The molecule has 2 aromatic rings. The Morgan fingerprint density at radius 2 is 1.58 bits per heavy atom. The van der Waals surface area contributed by atoms with Gasteiger partial charge >= 0.3 is 0 Å². The average Bonchev–Trinajstić information content (AvgIpc) is 2.39. The largest absolute Gasteiger partial charge is 0.0786 e. The maximum absolute atomic E-state index is 3.79. The first-order valence-electron chi connectivity index (χ1n) is 6.55. The van der Waals surface area contributed by atoms with Crippen LogP contribution in [0.5, 0.6) is 0 Å². The van der Waals surface area contributed by atoms with E-state index in [9.17, 15) is 0 Å². The van der Waals surface area contributed by atoms with E-state index in [-0.39, 0.29) is 4.83 Å². The first-order chi connectivity index (χ1) is 9.08. The van der Waals surface area contributed by atoms with E-state index in [1.807, 2.05) is 6.07 Å². The van der Waals surface area contributed by atoms with Gasteiger partial charge in [0.2, 0.25) is 0 Å². The van der Waals surface area contributed by atoms with Crippen molar-refractivity contribution in [1.29, 1.82) is 0 Å². The normalized spacial score (nSPS) is 12.7. The minimum absolute atomic E-state index is 0.233. The molecule has 0 amide bonds. The predicted octanol–water partition coefficient (Wildman–Crippen LogP) is 6.13. The number of benzene rings is 2. The number of hydrogen-bond donors (Lipinski definition) is 0. The van der Waals surface area contributed by atoms with Crippen molar-refractivity contribution in [3.63, 3.8) is 0 Å². The van der Waals surface area contributed by atoms with Crippen molar-refractivity contribution in [3.05, 3.63) is 69.7 Å². The molecule has 1 atom stereocenters. The molecule has 0 nitrogen and oxygen atoms in total. The molecule has 2 rings (SSSR count). The van der Waals surface area contributed by atoms with E-state index in [2.05, 4.69) is 88.2 Å². The molecule has 0 heterocycles. The zero-order valence-corrected chi connectivity index (χ0v) is 14.4. The summed E-state index contributed by atoms with van der Waals surface area (Å²) in [5, 5.41) is 0. The van der Waals surface area contributed by atoms with Gasteiger partial charge in [0.25, 0.3) is 0 Å². The lowest BCUT2D eigenvalue weighted by molar-refractivity contribution is 0.647. The van der Waals surface area contributed by atoms with Crippen molar-refractivity contribution in [2.75, 3.05) is 0 Å². The fourth-order valence-electron chi connectivity index (χ4n) is 2.15. The zero-order chi connectivity index (χ0) is 13.8. The third-order valence-corrected chi connectivity index (χ3v) is 4.84. The lowest BCUT2D eigenvalue weighted by Crippen LogP contribution is -1.97. The van der Waals surface area contributed by atoms with Crippen LogP contribution in [0.1, 0.15) is 35.4 Å². The lowest BCUT2D eigenvalue weighted by atomic mass is 9.99. The highest BCUT2D eigenvalue weighted by Crippen LogP contribution is 2.35. The molecule has 2 heteroatoms. The molecule has 0 aliphatic heterocycles. The highest BCUT2D eigenvalue weighted by atomic mass is 79.9. The molecule has 19 heavy (non-hydrogen) atoms. The summed E-state index contributed by atoms with van der Waals surface area (Å²) in [4.78, 5) is 0.233. The molecular weight excluding hydrogens is 364 g/mol. The Hall–Kier alpha value is -0.600. The fourth-order valence-corrected chi connectivity index (χ4v) is 3.68. The molecule has 0 bridgehead atoms. The second-order valence-electron chi connectivity index (χ2n) is 5.22. The van der Waals surface area contributed by atoms with Gasteiger partial charge in [-0.25, -0.2) is 0 Å². The second kappa shape index (κ2) is 6.71. The van der Waals surface area contributed by atoms with Gasteiger partial charge < -0.3 is 0 Å². The fraction of sp³-hybridized carbons (Fsp3) is 0.294. The van der Waals surface area contributed by atoms with Crippen LogP contribution in [-0.2, 0) is 6.42 Å². The molecule has 100 valence electrons. The van der Waals surface area contributed by atoms with Crippen LogP contribution >= 0.6 is 31.9 Å². The van der Waals surface area contributed by atoms with Crippen molar-refractivity contribution >= 4 is 31.9 Å². The van der Waals surface area contributed by atoms with E-state index in [1.54, 1.807) is 0 Å². The van der Waals surface area contributed by atoms with Crippen LogP contribution in [0.25, 0.3) is 0 Å². The van der Waals surface area contributed by atoms with Gasteiger partial charge in [0.15, 0.2) is 0 Å². The number of rotatable bonds is 4. The van der Waals surface area contributed by atoms with E-state index >= 15 is 0 Å². The maximum atomic E-state index is 3.79. The molecule has 2 aromatic carbocycles. The Morgan fingerprint density at radius 1 is 0.947 bits per heavy atom. The van der Waals surface area contributed by atoms with Gasteiger partial charge in [0.1, 0.15) is 0 Å². The summed E-state index contributed by atoms with van der Waals surface area (Å²) >= 11 is 7.40. The molecule has 0 radical (unpaired) electrons. The highest BCUT2D eigenvalue weighted by molar-refractivity contribution is 9.11. The van der Waals surface area contributed by atoms with Crippen LogP contribution in [0.3, 0.4) is 0 Å². The summed E-state index contributed by atoms with van der Waals surface area (Å²) in [5.74, 6) is 0.703. The summed E-state index contributed by atoms with van der Waals surface area (Å²) in [6, 6.07) is 17.2. The molecule has 0 N–H and O–H groups in total. The van der Waals surface area contributed by atoms with Crippen molar-refractivity contribution in [3.8, 4) is 0 Å². The molecule has 0 saturated carbocycles. The van der Waals surface area contributed by atoms with E-state index in [0.717, 1.165) is 10.9 Å². The number of halogens is 2. The number of hydrogen-bond acceptors (Lipinski definition) is 0. The minimum Gasteiger partial charge on any atom is -0.0786 e. The molecule has 1 unspecified atom stereocenters. The van der Waals surface area contributed by atoms with Crippen LogP contribution in [0, 0.1) is 5.92 Å². The Morgan fingerprint density at radius 3 is 2.16 bits per heavy atom. The van der Waals surface area contributed by atoms with Crippen LogP contribution < -0.4 is 0 Å². The van der Waals surface area contributed by atoms with Crippen LogP contribution in [0.15, 0.2) is 53.0 Å². The molecule has 0 aliphatic rings. The van der Waals surface area contributed by atoms with Gasteiger partial charge in [-0.05, 0) is 35.1 Å². The van der Waals surface area contributed by atoms with E-state index in [1.165, 1.54) is 16.7 Å². The van der Waals surface area contributed by atoms with Crippen molar-refractivity contribution in [2.45, 2.75) is 25.1 Å². The zero-order valence-electron chi connectivity index (χ0n) is 11.2. The van der Waals surface area contributed by atoms with Gasteiger partial charge in [-0.1, -0.05) is 88.2 Å². The van der Waals surface area contributed by atoms with Gasteiger partial charge in [0.05, 0.1) is 4.83 Å². The summed E-state index contributed by atoms with van der Waals surface area (Å²) in [7, 11) is 0. The Kier molecular flexibility index (Phi) is 5.23. The van der Waals surface area contributed by atoms with Crippen LogP contribution in [0.2, 0.25) is 0 Å². The van der Waals surface area contributed by atoms with Crippen molar-refractivity contribution in [1.82, 2.24) is 0 Å². The van der Waals surface area contributed by atoms with Crippen molar-refractivity contribution in [2.24, 2.45) is 5.92 Å². The van der Waals surface area contributed by atoms with E-state index in [0.29, 0.717) is 5.92 Å². The summed E-state index contributed by atoms with van der Waals surface area (Å²) in [6.07, 6.45) is 1.14. The number of alkyl halides is 1. The first kappa shape index (κ1) is 14.8. The smallest absolute Gasteiger partial charge is 0.0655 e. The maximum Gasteiger partial charge on any atom is 0.0655 e. The minimum atomic E-state index is 0.233. The summed E-state index contributed by atoms with van der Waals surface area (Å²) in [6.45, 7) is 4.50. The third kappa shape index (κ3) is 3.93. The van der Waals surface area contributed by atoms with Crippen LogP contribution in [0.4, 0.5) is 0 Å². The third-order valence-electron chi connectivity index (χ3n) is 3.09. The lowest BCUT2D eigenvalue weighted by Gasteiger charge is -2.13.